The number of rotatable bonds is 10. The van der Waals surface area contributed by atoms with Crippen molar-refractivity contribution in [2.75, 3.05) is 25.5 Å². The summed E-state index contributed by atoms with van der Waals surface area (Å²) in [5, 5.41) is 2.70. The summed E-state index contributed by atoms with van der Waals surface area (Å²) in [5.74, 6) is 0.0173. The number of para-hydroxylation sites is 2. The van der Waals surface area contributed by atoms with Gasteiger partial charge in [0.1, 0.15) is 11.5 Å². The van der Waals surface area contributed by atoms with Crippen molar-refractivity contribution in [3.05, 3.63) is 58.5 Å². The number of hydrogen-bond donors (Lipinski definition) is 1. The van der Waals surface area contributed by atoms with E-state index in [4.69, 9.17) is 4.74 Å². The van der Waals surface area contributed by atoms with Crippen LogP contribution in [0.25, 0.3) is 6.08 Å². The van der Waals surface area contributed by atoms with E-state index in [1.165, 1.54) is 25.3 Å². The third-order valence-corrected chi connectivity index (χ3v) is 7.12. The Morgan fingerprint density at radius 2 is 1.94 bits per heavy atom. The van der Waals surface area contributed by atoms with Crippen LogP contribution in [0.2, 0.25) is 0 Å². The molecule has 1 amide bonds. The molecular formula is C23H26F2N2O5S. The number of amides is 1. The Bertz CT molecular complexity index is 1140. The molecule has 0 aliphatic heterocycles. The molecule has 2 aromatic rings. The maximum Gasteiger partial charge on any atom is 0.387 e. The number of alkyl halides is 2. The smallest absolute Gasteiger partial charge is 0.387 e. The van der Waals surface area contributed by atoms with Crippen LogP contribution in [0, 0.1) is 0 Å². The van der Waals surface area contributed by atoms with Gasteiger partial charge in [0.15, 0.2) is 0 Å². The minimum Gasteiger partial charge on any atom is -0.495 e. The van der Waals surface area contributed by atoms with Crippen molar-refractivity contribution in [2.45, 2.75) is 32.8 Å². The minimum absolute atomic E-state index is 0.0316. The lowest BCUT2D eigenvalue weighted by atomic mass is 9.97. The number of carbonyl (C=O) groups is 1. The van der Waals surface area contributed by atoms with Gasteiger partial charge in [-0.25, -0.2) is 8.42 Å². The zero-order valence-electron chi connectivity index (χ0n) is 18.4. The average Bonchev–Trinajstić information content (AvgIpc) is 2.78. The summed E-state index contributed by atoms with van der Waals surface area (Å²) in [7, 11) is -2.43. The first-order valence-electron chi connectivity index (χ1n) is 10.5. The van der Waals surface area contributed by atoms with E-state index >= 15 is 0 Å². The highest BCUT2D eigenvalue weighted by Gasteiger charge is 2.30. The first-order chi connectivity index (χ1) is 15.7. The standard InChI is InChI=1S/C23H26F2N2O5S/c1-3-12-27(15-22(28)26-20-6-4-5-7-21(20)31-2)33(29,30)19-11-9-16-13-18(32-23(24)25)10-8-17(16)14-19/h4-8,10,13-14,23H,3,9,11-12,15H2,1-2H3,(H,26,28). The molecular weight excluding hydrogens is 454 g/mol. The molecule has 7 nitrogen and oxygen atoms in total. The van der Waals surface area contributed by atoms with Gasteiger partial charge >= 0.3 is 6.61 Å². The number of fused-ring (bicyclic) bond motifs is 1. The number of aryl methyl sites for hydroxylation is 1. The number of methoxy groups -OCH3 is 1. The highest BCUT2D eigenvalue weighted by atomic mass is 32.2. The van der Waals surface area contributed by atoms with Crippen LogP contribution in [0.15, 0.2) is 47.4 Å². The Balaban J connectivity index is 1.79. The first-order valence-corrected chi connectivity index (χ1v) is 11.9. The van der Waals surface area contributed by atoms with Crippen molar-refractivity contribution in [1.29, 1.82) is 0 Å². The predicted molar refractivity (Wildman–Crippen MR) is 122 cm³/mol. The molecule has 1 N–H and O–H groups in total. The number of carbonyl (C=O) groups excluding carboxylic acids is 1. The van der Waals surface area contributed by atoms with Gasteiger partial charge in [-0.05, 0) is 60.7 Å². The molecule has 1 aliphatic carbocycles. The van der Waals surface area contributed by atoms with Gasteiger partial charge in [0.2, 0.25) is 15.9 Å². The molecule has 0 heterocycles. The SMILES string of the molecule is CCCN(CC(=O)Nc1ccccc1OC)S(=O)(=O)C1=Cc2ccc(OC(F)F)cc2CC1. The zero-order chi connectivity index (χ0) is 24.0. The third-order valence-electron chi connectivity index (χ3n) is 5.14. The van der Waals surface area contributed by atoms with Crippen LogP contribution in [-0.4, -0.2) is 45.4 Å². The van der Waals surface area contributed by atoms with E-state index in [0.29, 0.717) is 29.8 Å². The maximum absolute atomic E-state index is 13.3. The summed E-state index contributed by atoms with van der Waals surface area (Å²) >= 11 is 0. The average molecular weight is 481 g/mol. The summed E-state index contributed by atoms with van der Waals surface area (Å²) in [6.07, 6.45) is 2.61. The molecule has 2 aromatic carbocycles. The normalized spacial score (nSPS) is 13.5. The maximum atomic E-state index is 13.3. The van der Waals surface area contributed by atoms with Crippen molar-refractivity contribution < 1.29 is 31.5 Å². The lowest BCUT2D eigenvalue weighted by molar-refractivity contribution is -0.116. The lowest BCUT2D eigenvalue weighted by Crippen LogP contribution is -2.39. The van der Waals surface area contributed by atoms with Gasteiger partial charge in [-0.2, -0.15) is 13.1 Å². The predicted octanol–water partition coefficient (Wildman–Crippen LogP) is 4.26. The van der Waals surface area contributed by atoms with Crippen LogP contribution in [-0.2, 0) is 21.2 Å². The van der Waals surface area contributed by atoms with Gasteiger partial charge in [0.05, 0.1) is 24.2 Å². The second-order valence-corrected chi connectivity index (χ2v) is 9.43. The molecule has 178 valence electrons. The molecule has 3 rings (SSSR count). The van der Waals surface area contributed by atoms with E-state index in [1.54, 1.807) is 30.3 Å². The van der Waals surface area contributed by atoms with Gasteiger partial charge in [-0.1, -0.05) is 25.1 Å². The van der Waals surface area contributed by atoms with Gasteiger partial charge in [0.25, 0.3) is 0 Å². The van der Waals surface area contributed by atoms with Crippen molar-refractivity contribution >= 4 is 27.7 Å². The van der Waals surface area contributed by atoms with Crippen molar-refractivity contribution in [3.63, 3.8) is 0 Å². The number of sulfonamides is 1. The Labute approximate surface area is 192 Å². The van der Waals surface area contributed by atoms with Crippen molar-refractivity contribution in [1.82, 2.24) is 4.31 Å². The molecule has 0 radical (unpaired) electrons. The number of ether oxygens (including phenoxy) is 2. The Hall–Kier alpha value is -2.98. The van der Waals surface area contributed by atoms with Gasteiger partial charge in [0, 0.05) is 6.54 Å². The molecule has 33 heavy (non-hydrogen) atoms. The quantitative estimate of drug-likeness (QED) is 0.549. The highest BCUT2D eigenvalue weighted by Crippen LogP contribution is 2.32. The number of nitrogens with one attached hydrogen (secondary N) is 1. The van der Waals surface area contributed by atoms with E-state index < -0.39 is 22.5 Å². The summed E-state index contributed by atoms with van der Waals surface area (Å²) < 4.78 is 62.4. The van der Waals surface area contributed by atoms with E-state index in [1.807, 2.05) is 6.92 Å². The summed E-state index contributed by atoms with van der Waals surface area (Å²) in [6, 6.07) is 11.3. The first kappa shape index (κ1) is 24.7. The fourth-order valence-electron chi connectivity index (χ4n) is 3.62. The van der Waals surface area contributed by atoms with Crippen LogP contribution in [0.3, 0.4) is 0 Å². The van der Waals surface area contributed by atoms with E-state index in [-0.39, 0.29) is 30.2 Å². The Kier molecular flexibility index (Phi) is 8.04. The van der Waals surface area contributed by atoms with Crippen LogP contribution in [0.1, 0.15) is 30.9 Å². The molecule has 0 unspecified atom stereocenters. The number of halogens is 2. The lowest BCUT2D eigenvalue weighted by Gasteiger charge is -2.25. The Morgan fingerprint density at radius 1 is 1.18 bits per heavy atom. The monoisotopic (exact) mass is 480 g/mol. The van der Waals surface area contributed by atoms with E-state index in [9.17, 15) is 22.0 Å². The van der Waals surface area contributed by atoms with Crippen molar-refractivity contribution in [2.24, 2.45) is 0 Å². The molecule has 0 atom stereocenters. The molecule has 10 heteroatoms. The fourth-order valence-corrected chi connectivity index (χ4v) is 5.30. The fraction of sp³-hybridized carbons (Fsp3) is 0.348. The van der Waals surface area contributed by atoms with Gasteiger partial charge in [-0.3, -0.25) is 4.79 Å². The van der Waals surface area contributed by atoms with Gasteiger partial charge in [-0.15, -0.1) is 0 Å². The summed E-state index contributed by atoms with van der Waals surface area (Å²) in [6.45, 7) is -1.27. The number of hydrogen-bond acceptors (Lipinski definition) is 5. The van der Waals surface area contributed by atoms with E-state index in [2.05, 4.69) is 10.1 Å². The molecule has 1 aliphatic rings. The van der Waals surface area contributed by atoms with E-state index in [0.717, 1.165) is 9.87 Å². The van der Waals surface area contributed by atoms with Crippen LogP contribution >= 0.6 is 0 Å². The molecule has 0 aromatic heterocycles. The van der Waals surface area contributed by atoms with Crippen LogP contribution in [0.4, 0.5) is 14.5 Å². The van der Waals surface area contributed by atoms with Crippen molar-refractivity contribution in [3.8, 4) is 11.5 Å². The number of benzene rings is 2. The summed E-state index contributed by atoms with van der Waals surface area (Å²) in [5.41, 5.74) is 1.80. The summed E-state index contributed by atoms with van der Waals surface area (Å²) in [4.78, 5) is 12.8. The second-order valence-electron chi connectivity index (χ2n) is 7.44. The second kappa shape index (κ2) is 10.8. The highest BCUT2D eigenvalue weighted by molar-refractivity contribution is 7.93. The molecule has 0 saturated carbocycles. The minimum atomic E-state index is -3.91. The molecule has 0 fully saturated rings. The third kappa shape index (κ3) is 6.08. The molecule has 0 spiro atoms. The van der Waals surface area contributed by atoms with Crippen LogP contribution < -0.4 is 14.8 Å². The molecule has 0 bridgehead atoms. The Morgan fingerprint density at radius 3 is 2.64 bits per heavy atom. The topological polar surface area (TPSA) is 84.9 Å². The van der Waals surface area contributed by atoms with Gasteiger partial charge < -0.3 is 14.8 Å². The van der Waals surface area contributed by atoms with Crippen LogP contribution in [0.5, 0.6) is 11.5 Å². The number of nitrogens with zero attached hydrogens (tertiary/aromatic N) is 1. The number of anilines is 1. The number of allylic oxidation sites excluding steroid dienone is 1. The largest absolute Gasteiger partial charge is 0.495 e. The zero-order valence-corrected chi connectivity index (χ0v) is 19.2. The molecule has 0 saturated heterocycles.